The molecule has 0 spiro atoms. The first kappa shape index (κ1) is 14.8. The molecule has 2 aromatic carbocycles. The Labute approximate surface area is 127 Å². The zero-order valence-electron chi connectivity index (χ0n) is 11.4. The molecule has 0 heterocycles. The van der Waals surface area contributed by atoms with Crippen LogP contribution in [0, 0.1) is 0 Å². The summed E-state index contributed by atoms with van der Waals surface area (Å²) in [5, 5.41) is 8.97. The summed E-state index contributed by atoms with van der Waals surface area (Å²) in [6, 6.07) is 15.2. The number of rotatable bonds is 4. The third kappa shape index (κ3) is 3.08. The molecular formula is C16H16BrNO2. The summed E-state index contributed by atoms with van der Waals surface area (Å²) in [5.41, 5.74) is 2.52. The highest BCUT2D eigenvalue weighted by Gasteiger charge is 2.19. The fourth-order valence-electron chi connectivity index (χ4n) is 2.26. The van der Waals surface area contributed by atoms with Gasteiger partial charge in [-0.2, -0.15) is 0 Å². The van der Waals surface area contributed by atoms with Crippen molar-refractivity contribution in [3.05, 3.63) is 69.7 Å². The molecule has 0 saturated heterocycles. The van der Waals surface area contributed by atoms with E-state index < -0.39 is 5.97 Å². The minimum atomic E-state index is -0.904. The summed E-state index contributed by atoms with van der Waals surface area (Å²) in [6.45, 7) is 0. The minimum Gasteiger partial charge on any atom is -0.478 e. The lowest BCUT2D eigenvalue weighted by atomic mass is 9.97. The van der Waals surface area contributed by atoms with Crippen LogP contribution in [0.2, 0.25) is 0 Å². The van der Waals surface area contributed by atoms with Gasteiger partial charge in [0, 0.05) is 4.47 Å². The summed E-state index contributed by atoms with van der Waals surface area (Å²) in [7, 11) is 4.02. The SMILES string of the molecule is CN(C)C(c1ccc(C(=O)O)cc1)c1ccccc1Br. The molecule has 0 aromatic heterocycles. The van der Waals surface area contributed by atoms with Crippen LogP contribution in [0.3, 0.4) is 0 Å². The molecule has 0 aliphatic heterocycles. The van der Waals surface area contributed by atoms with E-state index in [1.165, 1.54) is 0 Å². The number of nitrogens with zero attached hydrogens (tertiary/aromatic N) is 1. The van der Waals surface area contributed by atoms with E-state index in [4.69, 9.17) is 5.11 Å². The number of carbonyl (C=O) groups is 1. The van der Waals surface area contributed by atoms with E-state index in [-0.39, 0.29) is 6.04 Å². The predicted molar refractivity (Wildman–Crippen MR) is 83.1 cm³/mol. The lowest BCUT2D eigenvalue weighted by Crippen LogP contribution is -2.21. The molecule has 104 valence electrons. The summed E-state index contributed by atoms with van der Waals surface area (Å²) in [6.07, 6.45) is 0. The van der Waals surface area contributed by atoms with Crippen molar-refractivity contribution in [2.24, 2.45) is 0 Å². The van der Waals surface area contributed by atoms with E-state index in [2.05, 4.69) is 26.9 Å². The van der Waals surface area contributed by atoms with Crippen LogP contribution < -0.4 is 0 Å². The Morgan fingerprint density at radius 1 is 1.10 bits per heavy atom. The van der Waals surface area contributed by atoms with Crippen molar-refractivity contribution in [3.63, 3.8) is 0 Å². The van der Waals surface area contributed by atoms with Gasteiger partial charge in [0.15, 0.2) is 0 Å². The van der Waals surface area contributed by atoms with Crippen LogP contribution >= 0.6 is 15.9 Å². The Hall–Kier alpha value is -1.65. The third-order valence-electron chi connectivity index (χ3n) is 3.19. The summed E-state index contributed by atoms with van der Waals surface area (Å²) >= 11 is 3.58. The van der Waals surface area contributed by atoms with Crippen LogP contribution in [0.5, 0.6) is 0 Å². The lowest BCUT2D eigenvalue weighted by molar-refractivity contribution is 0.0697. The second kappa shape index (κ2) is 6.20. The van der Waals surface area contributed by atoms with Crippen molar-refractivity contribution in [2.45, 2.75) is 6.04 Å². The molecule has 1 unspecified atom stereocenters. The van der Waals surface area contributed by atoms with Crippen LogP contribution in [-0.2, 0) is 0 Å². The van der Waals surface area contributed by atoms with E-state index in [9.17, 15) is 4.79 Å². The quantitative estimate of drug-likeness (QED) is 0.925. The van der Waals surface area contributed by atoms with E-state index >= 15 is 0 Å². The summed E-state index contributed by atoms with van der Waals surface area (Å²) in [5.74, 6) is -0.904. The van der Waals surface area contributed by atoms with Gasteiger partial charge in [-0.1, -0.05) is 46.3 Å². The molecule has 20 heavy (non-hydrogen) atoms. The largest absolute Gasteiger partial charge is 0.478 e. The molecule has 0 amide bonds. The van der Waals surface area contributed by atoms with Crippen LogP contribution in [0.4, 0.5) is 0 Å². The van der Waals surface area contributed by atoms with Crippen LogP contribution in [-0.4, -0.2) is 30.1 Å². The Bertz CT molecular complexity index is 608. The molecule has 0 aliphatic carbocycles. The van der Waals surface area contributed by atoms with Gasteiger partial charge in [-0.25, -0.2) is 4.79 Å². The average Bonchev–Trinajstić information content (AvgIpc) is 2.41. The fourth-order valence-corrected chi connectivity index (χ4v) is 2.76. The van der Waals surface area contributed by atoms with Gasteiger partial charge in [0.1, 0.15) is 0 Å². The molecule has 2 rings (SSSR count). The maximum absolute atomic E-state index is 10.9. The third-order valence-corrected chi connectivity index (χ3v) is 3.91. The van der Waals surface area contributed by atoms with Crippen molar-refractivity contribution in [1.29, 1.82) is 0 Å². The van der Waals surface area contributed by atoms with Crippen LogP contribution in [0.1, 0.15) is 27.5 Å². The van der Waals surface area contributed by atoms with E-state index in [1.54, 1.807) is 12.1 Å². The van der Waals surface area contributed by atoms with Gasteiger partial charge in [0.05, 0.1) is 11.6 Å². The smallest absolute Gasteiger partial charge is 0.335 e. The molecule has 0 bridgehead atoms. The van der Waals surface area contributed by atoms with Gasteiger partial charge in [0.25, 0.3) is 0 Å². The number of halogens is 1. The molecule has 0 fully saturated rings. The topological polar surface area (TPSA) is 40.5 Å². The molecule has 1 N–H and O–H groups in total. The first-order valence-electron chi connectivity index (χ1n) is 6.25. The molecule has 1 atom stereocenters. The van der Waals surface area contributed by atoms with Gasteiger partial charge in [-0.15, -0.1) is 0 Å². The number of hydrogen-bond acceptors (Lipinski definition) is 2. The van der Waals surface area contributed by atoms with E-state index in [0.717, 1.165) is 15.6 Å². The Balaban J connectivity index is 2.44. The Morgan fingerprint density at radius 3 is 2.20 bits per heavy atom. The number of aromatic carboxylic acids is 1. The maximum Gasteiger partial charge on any atom is 0.335 e. The maximum atomic E-state index is 10.9. The molecule has 4 heteroatoms. The van der Waals surface area contributed by atoms with Gasteiger partial charge in [-0.3, -0.25) is 4.90 Å². The summed E-state index contributed by atoms with van der Waals surface area (Å²) in [4.78, 5) is 13.0. The normalized spacial score (nSPS) is 12.4. The molecular weight excluding hydrogens is 318 g/mol. The van der Waals surface area contributed by atoms with E-state index in [0.29, 0.717) is 5.56 Å². The fraction of sp³-hybridized carbons (Fsp3) is 0.188. The zero-order valence-corrected chi connectivity index (χ0v) is 13.0. The second-order valence-electron chi connectivity index (χ2n) is 4.81. The van der Waals surface area contributed by atoms with Crippen LogP contribution in [0.15, 0.2) is 53.0 Å². The first-order chi connectivity index (χ1) is 9.50. The highest BCUT2D eigenvalue weighted by molar-refractivity contribution is 9.10. The number of benzene rings is 2. The van der Waals surface area contributed by atoms with Crippen molar-refractivity contribution < 1.29 is 9.90 Å². The highest BCUT2D eigenvalue weighted by atomic mass is 79.9. The van der Waals surface area contributed by atoms with Crippen molar-refractivity contribution in [1.82, 2.24) is 4.90 Å². The molecule has 0 radical (unpaired) electrons. The highest BCUT2D eigenvalue weighted by Crippen LogP contribution is 2.31. The van der Waals surface area contributed by atoms with E-state index in [1.807, 2.05) is 44.4 Å². The van der Waals surface area contributed by atoms with Crippen molar-refractivity contribution >= 4 is 21.9 Å². The molecule has 0 saturated carbocycles. The molecule has 2 aromatic rings. The Kier molecular flexibility index (Phi) is 4.57. The monoisotopic (exact) mass is 333 g/mol. The number of hydrogen-bond donors (Lipinski definition) is 1. The van der Waals surface area contributed by atoms with Gasteiger partial charge < -0.3 is 5.11 Å². The average molecular weight is 334 g/mol. The van der Waals surface area contributed by atoms with Crippen LogP contribution in [0.25, 0.3) is 0 Å². The lowest BCUT2D eigenvalue weighted by Gasteiger charge is -2.26. The number of carboxylic acids is 1. The number of carboxylic acid groups (broad SMARTS) is 1. The van der Waals surface area contributed by atoms with Gasteiger partial charge in [-0.05, 0) is 43.4 Å². The van der Waals surface area contributed by atoms with Crippen molar-refractivity contribution in [3.8, 4) is 0 Å². The molecule has 0 aliphatic rings. The van der Waals surface area contributed by atoms with Gasteiger partial charge >= 0.3 is 5.97 Å². The standard InChI is InChI=1S/C16H16BrNO2/c1-18(2)15(13-5-3-4-6-14(13)17)11-7-9-12(10-8-11)16(19)20/h3-10,15H,1-2H3,(H,19,20). The van der Waals surface area contributed by atoms with Crippen molar-refractivity contribution in [2.75, 3.05) is 14.1 Å². The second-order valence-corrected chi connectivity index (χ2v) is 5.67. The zero-order chi connectivity index (χ0) is 14.7. The predicted octanol–water partition coefficient (Wildman–Crippen LogP) is 3.80. The molecule has 3 nitrogen and oxygen atoms in total. The van der Waals surface area contributed by atoms with Gasteiger partial charge in [0.2, 0.25) is 0 Å². The summed E-state index contributed by atoms with van der Waals surface area (Å²) < 4.78 is 1.04. The Morgan fingerprint density at radius 2 is 1.70 bits per heavy atom. The first-order valence-corrected chi connectivity index (χ1v) is 7.04. The minimum absolute atomic E-state index is 0.0772.